The highest BCUT2D eigenvalue weighted by Crippen LogP contribution is 2.13. The van der Waals surface area contributed by atoms with Crippen molar-refractivity contribution in [2.24, 2.45) is 5.92 Å². The third-order valence-electron chi connectivity index (χ3n) is 2.48. The quantitative estimate of drug-likeness (QED) is 0.795. The first kappa shape index (κ1) is 14.5. The molecule has 1 unspecified atom stereocenters. The summed E-state index contributed by atoms with van der Waals surface area (Å²) in [6, 6.07) is 1.29. The number of hydrogen-bond acceptors (Lipinski definition) is 2. The van der Waals surface area contributed by atoms with Crippen molar-refractivity contribution in [3.63, 3.8) is 0 Å². The Bertz CT molecular complexity index is 414. The number of benzene rings is 1. The maximum absolute atomic E-state index is 12.9. The minimum Gasteiger partial charge on any atom is -0.396 e. The lowest BCUT2D eigenvalue weighted by Crippen LogP contribution is -2.28. The van der Waals surface area contributed by atoms with Crippen LogP contribution in [0.4, 0.5) is 13.2 Å². The summed E-state index contributed by atoms with van der Waals surface area (Å²) in [4.78, 5) is 11.5. The van der Waals surface area contributed by atoms with Crippen LogP contribution in [0.5, 0.6) is 0 Å². The van der Waals surface area contributed by atoms with E-state index < -0.39 is 23.4 Å². The van der Waals surface area contributed by atoms with Gasteiger partial charge in [-0.25, -0.2) is 13.2 Å². The van der Waals surface area contributed by atoms with E-state index in [1.54, 1.807) is 0 Å². The van der Waals surface area contributed by atoms with Gasteiger partial charge in [0.2, 0.25) is 0 Å². The molecule has 2 N–H and O–H groups in total. The lowest BCUT2D eigenvalue weighted by Gasteiger charge is -2.11. The van der Waals surface area contributed by atoms with E-state index in [0.717, 1.165) is 0 Å². The standard InChI is InChI=1S/C12H14F3NO2/c1-7(2-3-17)6-16-12(18)8-4-9(13)11(15)10(14)5-8/h4-5,7,17H,2-3,6H2,1H3,(H,16,18). The average Bonchev–Trinajstić information content (AvgIpc) is 2.32. The smallest absolute Gasteiger partial charge is 0.251 e. The zero-order chi connectivity index (χ0) is 13.7. The molecule has 18 heavy (non-hydrogen) atoms. The molecular weight excluding hydrogens is 247 g/mol. The summed E-state index contributed by atoms with van der Waals surface area (Å²) in [6.45, 7) is 2.07. The van der Waals surface area contributed by atoms with Gasteiger partial charge in [0.1, 0.15) is 0 Å². The van der Waals surface area contributed by atoms with E-state index in [4.69, 9.17) is 5.11 Å². The van der Waals surface area contributed by atoms with E-state index in [2.05, 4.69) is 5.32 Å². The number of amides is 1. The molecule has 1 rings (SSSR count). The molecule has 1 amide bonds. The number of carbonyl (C=O) groups is 1. The number of carbonyl (C=O) groups excluding carboxylic acids is 1. The third kappa shape index (κ3) is 3.73. The van der Waals surface area contributed by atoms with Crippen molar-refractivity contribution in [2.75, 3.05) is 13.2 Å². The molecule has 100 valence electrons. The largest absolute Gasteiger partial charge is 0.396 e. The molecule has 0 aromatic heterocycles. The van der Waals surface area contributed by atoms with Gasteiger partial charge in [-0.1, -0.05) is 6.92 Å². The third-order valence-corrected chi connectivity index (χ3v) is 2.48. The Labute approximate surface area is 103 Å². The molecule has 1 aromatic carbocycles. The fourth-order valence-electron chi connectivity index (χ4n) is 1.38. The summed E-state index contributed by atoms with van der Waals surface area (Å²) in [5, 5.41) is 11.1. The van der Waals surface area contributed by atoms with Crippen LogP contribution in [0.15, 0.2) is 12.1 Å². The van der Waals surface area contributed by atoms with E-state index in [1.807, 2.05) is 6.92 Å². The highest BCUT2D eigenvalue weighted by molar-refractivity contribution is 5.94. The van der Waals surface area contributed by atoms with E-state index in [1.165, 1.54) is 0 Å². The van der Waals surface area contributed by atoms with Crippen LogP contribution < -0.4 is 5.32 Å². The molecule has 1 aromatic rings. The Morgan fingerprint density at radius 1 is 1.33 bits per heavy atom. The van der Waals surface area contributed by atoms with E-state index in [9.17, 15) is 18.0 Å². The molecule has 0 saturated heterocycles. The van der Waals surface area contributed by atoms with Crippen molar-refractivity contribution >= 4 is 5.91 Å². The van der Waals surface area contributed by atoms with Gasteiger partial charge < -0.3 is 10.4 Å². The molecule has 0 heterocycles. The van der Waals surface area contributed by atoms with Crippen molar-refractivity contribution in [2.45, 2.75) is 13.3 Å². The van der Waals surface area contributed by atoms with Gasteiger partial charge in [-0.2, -0.15) is 0 Å². The molecule has 0 spiro atoms. The van der Waals surface area contributed by atoms with Gasteiger partial charge in [0, 0.05) is 18.7 Å². The molecule has 0 bridgehead atoms. The van der Waals surface area contributed by atoms with Crippen LogP contribution in [-0.2, 0) is 0 Å². The van der Waals surface area contributed by atoms with Gasteiger partial charge in [-0.05, 0) is 24.5 Å². The molecule has 1 atom stereocenters. The second-order valence-corrected chi connectivity index (χ2v) is 4.08. The van der Waals surface area contributed by atoms with Crippen molar-refractivity contribution in [3.8, 4) is 0 Å². The van der Waals surface area contributed by atoms with E-state index in [0.29, 0.717) is 18.6 Å². The van der Waals surface area contributed by atoms with E-state index >= 15 is 0 Å². The highest BCUT2D eigenvalue weighted by Gasteiger charge is 2.15. The average molecular weight is 261 g/mol. The zero-order valence-electron chi connectivity index (χ0n) is 9.84. The van der Waals surface area contributed by atoms with Gasteiger partial charge >= 0.3 is 0 Å². The van der Waals surface area contributed by atoms with Crippen LogP contribution in [0, 0.1) is 23.4 Å². The van der Waals surface area contributed by atoms with Crippen molar-refractivity contribution < 1.29 is 23.1 Å². The van der Waals surface area contributed by atoms with Gasteiger partial charge in [-0.3, -0.25) is 4.79 Å². The predicted octanol–water partition coefficient (Wildman–Crippen LogP) is 1.85. The first-order valence-electron chi connectivity index (χ1n) is 5.49. The lowest BCUT2D eigenvalue weighted by atomic mass is 10.1. The molecule has 6 heteroatoms. The van der Waals surface area contributed by atoms with Crippen LogP contribution in [0.25, 0.3) is 0 Å². The van der Waals surface area contributed by atoms with Crippen LogP contribution in [0.2, 0.25) is 0 Å². The second kappa shape index (κ2) is 6.39. The fraction of sp³-hybridized carbons (Fsp3) is 0.417. The molecule has 0 aliphatic heterocycles. The summed E-state index contributed by atoms with van der Waals surface area (Å²) < 4.78 is 38.5. The minimum atomic E-state index is -1.60. The molecule has 0 fully saturated rings. The monoisotopic (exact) mass is 261 g/mol. The van der Waals surface area contributed by atoms with Crippen molar-refractivity contribution in [3.05, 3.63) is 35.1 Å². The number of hydrogen-bond donors (Lipinski definition) is 2. The fourth-order valence-corrected chi connectivity index (χ4v) is 1.38. The van der Waals surface area contributed by atoms with Gasteiger partial charge in [0.15, 0.2) is 17.5 Å². The highest BCUT2D eigenvalue weighted by atomic mass is 19.2. The molecular formula is C12H14F3NO2. The maximum Gasteiger partial charge on any atom is 0.251 e. The Balaban J connectivity index is 2.67. The SMILES string of the molecule is CC(CCO)CNC(=O)c1cc(F)c(F)c(F)c1. The number of aliphatic hydroxyl groups excluding tert-OH is 1. The molecule has 0 radical (unpaired) electrons. The van der Waals surface area contributed by atoms with Crippen LogP contribution >= 0.6 is 0 Å². The minimum absolute atomic E-state index is 0.00313. The lowest BCUT2D eigenvalue weighted by molar-refractivity contribution is 0.0944. The van der Waals surface area contributed by atoms with E-state index in [-0.39, 0.29) is 24.6 Å². The summed E-state index contributed by atoms with van der Waals surface area (Å²) in [7, 11) is 0. The van der Waals surface area contributed by atoms with Crippen molar-refractivity contribution in [1.29, 1.82) is 0 Å². The van der Waals surface area contributed by atoms with Crippen LogP contribution in [0.1, 0.15) is 23.7 Å². The zero-order valence-corrected chi connectivity index (χ0v) is 9.84. The summed E-state index contributed by atoms with van der Waals surface area (Å²) >= 11 is 0. The number of rotatable bonds is 5. The Morgan fingerprint density at radius 3 is 2.39 bits per heavy atom. The van der Waals surface area contributed by atoms with Gasteiger partial charge in [0.25, 0.3) is 5.91 Å². The van der Waals surface area contributed by atoms with Crippen LogP contribution in [-0.4, -0.2) is 24.2 Å². The first-order chi connectivity index (χ1) is 8.45. The number of halogens is 3. The molecule has 0 aliphatic carbocycles. The molecule has 3 nitrogen and oxygen atoms in total. The van der Waals surface area contributed by atoms with Crippen molar-refractivity contribution in [1.82, 2.24) is 5.32 Å². The molecule has 0 saturated carbocycles. The number of aliphatic hydroxyl groups is 1. The maximum atomic E-state index is 12.9. The van der Waals surface area contributed by atoms with Gasteiger partial charge in [-0.15, -0.1) is 0 Å². The number of nitrogens with one attached hydrogen (secondary N) is 1. The first-order valence-corrected chi connectivity index (χ1v) is 5.49. The van der Waals surface area contributed by atoms with Gasteiger partial charge in [0.05, 0.1) is 0 Å². The Morgan fingerprint density at radius 2 is 1.89 bits per heavy atom. The second-order valence-electron chi connectivity index (χ2n) is 4.08. The van der Waals surface area contributed by atoms with Crippen LogP contribution in [0.3, 0.4) is 0 Å². The Kier molecular flexibility index (Phi) is 5.15. The molecule has 0 aliphatic rings. The summed E-state index contributed by atoms with van der Waals surface area (Å²) in [6.07, 6.45) is 0.506. The predicted molar refractivity (Wildman–Crippen MR) is 59.5 cm³/mol. The normalized spacial score (nSPS) is 12.3. The topological polar surface area (TPSA) is 49.3 Å². The summed E-state index contributed by atoms with van der Waals surface area (Å²) in [5.41, 5.74) is -0.275. The summed E-state index contributed by atoms with van der Waals surface area (Å²) in [5.74, 6) is -5.04. The Hall–Kier alpha value is -1.56.